The molecule has 0 aliphatic carbocycles. The number of H-pyrrole nitrogens is 2. The Bertz CT molecular complexity index is 3330. The number of benzene rings is 4. The second kappa shape index (κ2) is 18.1. The molecule has 69 heavy (non-hydrogen) atoms. The number of nitrogens with zero attached hydrogens (tertiary/aromatic N) is 3. The Labute approximate surface area is 406 Å². The van der Waals surface area contributed by atoms with Crippen LogP contribution in [-0.2, 0) is 26.5 Å². The number of fused-ring (bicyclic) bond motifs is 6. The van der Waals surface area contributed by atoms with Crippen LogP contribution in [0.15, 0.2) is 121 Å². The third-order valence-electron chi connectivity index (χ3n) is 13.0. The molecular formula is C61H62N6O2. The highest BCUT2D eigenvalue weighted by molar-refractivity contribution is 6.07. The van der Waals surface area contributed by atoms with E-state index in [1.807, 2.05) is 60.7 Å². The van der Waals surface area contributed by atoms with Crippen molar-refractivity contribution in [3.05, 3.63) is 166 Å². The van der Waals surface area contributed by atoms with Crippen LogP contribution in [0.4, 0.5) is 0 Å². The number of aromatic amines is 2. The summed E-state index contributed by atoms with van der Waals surface area (Å²) in [6.45, 7) is 26.1. The first-order valence-corrected chi connectivity index (χ1v) is 23.6. The minimum Gasteiger partial charge on any atom is -0.354 e. The van der Waals surface area contributed by atoms with Gasteiger partial charge in [-0.2, -0.15) is 5.26 Å². The van der Waals surface area contributed by atoms with Gasteiger partial charge in [-0.15, -0.1) is 0 Å². The normalized spacial score (nSPS) is 12.4. The van der Waals surface area contributed by atoms with Gasteiger partial charge in [-0.05, 0) is 103 Å². The van der Waals surface area contributed by atoms with Gasteiger partial charge < -0.3 is 9.97 Å². The lowest BCUT2D eigenvalue weighted by atomic mass is 9.86. The lowest BCUT2D eigenvalue weighted by Crippen LogP contribution is -2.23. The van der Waals surface area contributed by atoms with Crippen molar-refractivity contribution < 1.29 is 9.59 Å². The third-order valence-corrected chi connectivity index (χ3v) is 13.0. The monoisotopic (exact) mass is 910 g/mol. The summed E-state index contributed by atoms with van der Waals surface area (Å²) < 4.78 is 0. The van der Waals surface area contributed by atoms with Crippen LogP contribution < -0.4 is 5.32 Å². The quantitative estimate of drug-likeness (QED) is 0.143. The summed E-state index contributed by atoms with van der Waals surface area (Å²) in [5.41, 5.74) is 14.2. The smallest absolute Gasteiger partial charge is 0.277 e. The number of carbonyl (C=O) groups excluding carboxylic acids is 2. The van der Waals surface area contributed by atoms with Crippen molar-refractivity contribution in [2.24, 2.45) is 0 Å². The van der Waals surface area contributed by atoms with Crippen LogP contribution in [0.3, 0.4) is 0 Å². The standard InChI is InChI=1S/C61H62N6O2/c1-58(2,3)41-21-13-37(14-22-41)52-45-29-30-46(64-45)53(38-15-23-42(24-16-38)59(4,5)6)48-33-34-50(66-48)55(40-19-27-44(28-20-40)61(10,11)12)56(57(69)63-36-68)67-51(35-62)54(49-32-31-47(52)65-49)39-17-25-43(26-18-39)60(7,8)9/h13-34,36,65-66H,1-12H3,(H,63,68,69). The zero-order chi connectivity index (χ0) is 49.6. The summed E-state index contributed by atoms with van der Waals surface area (Å²) in [5.74, 6) is -0.766. The van der Waals surface area contributed by atoms with Gasteiger partial charge in [-0.25, -0.2) is 9.97 Å². The van der Waals surface area contributed by atoms with E-state index in [-0.39, 0.29) is 33.0 Å². The Balaban J connectivity index is 1.60. The van der Waals surface area contributed by atoms with Crippen molar-refractivity contribution in [1.29, 1.82) is 5.26 Å². The maximum Gasteiger partial charge on any atom is 0.277 e. The minimum atomic E-state index is -0.766. The molecule has 0 spiro atoms. The molecule has 4 heterocycles. The number of rotatable bonds is 6. The first kappa shape index (κ1) is 47.8. The van der Waals surface area contributed by atoms with Gasteiger partial charge in [0.05, 0.1) is 11.4 Å². The molecule has 0 radical (unpaired) electrons. The molecule has 8 heteroatoms. The molecular weight excluding hydrogens is 849 g/mol. The van der Waals surface area contributed by atoms with Gasteiger partial charge in [0.2, 0.25) is 6.41 Å². The fraction of sp³-hybridized carbons (Fsp3) is 0.262. The lowest BCUT2D eigenvalue weighted by Gasteiger charge is -2.19. The Kier molecular flexibility index (Phi) is 12.6. The Morgan fingerprint density at radius 2 is 0.768 bits per heavy atom. The highest BCUT2D eigenvalue weighted by Gasteiger charge is 2.24. The van der Waals surface area contributed by atoms with Gasteiger partial charge in [-0.3, -0.25) is 14.9 Å². The molecule has 8 nitrogen and oxygen atoms in total. The summed E-state index contributed by atoms with van der Waals surface area (Å²) in [6, 6.07) is 43.6. The molecule has 0 saturated heterocycles. The van der Waals surface area contributed by atoms with Gasteiger partial charge in [0.1, 0.15) is 11.8 Å². The summed E-state index contributed by atoms with van der Waals surface area (Å²) in [4.78, 5) is 44.7. The second-order valence-corrected chi connectivity index (χ2v) is 22.1. The molecule has 1 aliphatic heterocycles. The topological polar surface area (TPSA) is 127 Å². The molecule has 348 valence electrons. The number of aromatic nitrogens is 4. The fourth-order valence-corrected chi connectivity index (χ4v) is 8.87. The van der Waals surface area contributed by atoms with Gasteiger partial charge in [0, 0.05) is 44.3 Å². The van der Waals surface area contributed by atoms with E-state index in [0.29, 0.717) is 39.7 Å². The number of nitriles is 1. The number of carbonyl (C=O) groups is 2. The van der Waals surface area contributed by atoms with Crippen LogP contribution in [0.2, 0.25) is 0 Å². The van der Waals surface area contributed by atoms with E-state index in [9.17, 15) is 14.9 Å². The number of imide groups is 1. The van der Waals surface area contributed by atoms with E-state index >= 15 is 0 Å². The van der Waals surface area contributed by atoms with E-state index in [1.54, 1.807) is 0 Å². The molecule has 0 fully saturated rings. The van der Waals surface area contributed by atoms with Crippen LogP contribution in [0.5, 0.6) is 0 Å². The first-order valence-electron chi connectivity index (χ1n) is 23.6. The van der Waals surface area contributed by atoms with Crippen molar-refractivity contribution >= 4 is 46.5 Å². The first-order chi connectivity index (χ1) is 32.5. The predicted octanol–water partition coefficient (Wildman–Crippen LogP) is 14.8. The van der Waals surface area contributed by atoms with Gasteiger partial charge in [0.25, 0.3) is 5.91 Å². The maximum atomic E-state index is 14.6. The van der Waals surface area contributed by atoms with Crippen molar-refractivity contribution in [2.75, 3.05) is 0 Å². The zero-order valence-corrected chi connectivity index (χ0v) is 41.9. The fourth-order valence-electron chi connectivity index (χ4n) is 8.87. The molecule has 8 rings (SSSR count). The highest BCUT2D eigenvalue weighted by atomic mass is 16.2. The van der Waals surface area contributed by atoms with Crippen LogP contribution in [0, 0.1) is 11.3 Å². The number of amides is 2. The number of hydrogen-bond acceptors (Lipinski definition) is 5. The highest BCUT2D eigenvalue weighted by Crippen LogP contribution is 2.39. The van der Waals surface area contributed by atoms with E-state index in [4.69, 9.17) is 9.97 Å². The average Bonchev–Trinajstić information content (AvgIpc) is 4.09. The molecule has 4 aromatic carbocycles. The summed E-state index contributed by atoms with van der Waals surface area (Å²) >= 11 is 0. The molecule has 0 saturated carbocycles. The van der Waals surface area contributed by atoms with Crippen LogP contribution in [0.25, 0.3) is 78.7 Å². The zero-order valence-electron chi connectivity index (χ0n) is 41.9. The molecule has 3 aromatic heterocycles. The molecule has 6 bridgehead atoms. The van der Waals surface area contributed by atoms with Crippen molar-refractivity contribution in [2.45, 2.75) is 105 Å². The maximum absolute atomic E-state index is 14.6. The summed E-state index contributed by atoms with van der Waals surface area (Å²) in [7, 11) is 0. The van der Waals surface area contributed by atoms with Crippen molar-refractivity contribution in [3.63, 3.8) is 0 Å². The molecule has 1 aliphatic rings. The van der Waals surface area contributed by atoms with Gasteiger partial charge >= 0.3 is 0 Å². The third kappa shape index (κ3) is 9.87. The largest absolute Gasteiger partial charge is 0.354 e. The van der Waals surface area contributed by atoms with Crippen molar-refractivity contribution in [1.82, 2.24) is 25.3 Å². The average molecular weight is 911 g/mol. The van der Waals surface area contributed by atoms with E-state index in [2.05, 4.69) is 177 Å². The Morgan fingerprint density at radius 1 is 0.464 bits per heavy atom. The van der Waals surface area contributed by atoms with Gasteiger partial charge in [-0.1, -0.05) is 180 Å². The molecule has 0 atom stereocenters. The number of hydrogen-bond donors (Lipinski definition) is 3. The Hall–Kier alpha value is -7.63. The molecule has 2 amide bonds. The van der Waals surface area contributed by atoms with E-state index in [0.717, 1.165) is 55.8 Å². The summed E-state index contributed by atoms with van der Waals surface area (Å²) in [6.07, 6.45) is 4.47. The molecule has 3 N–H and O–H groups in total. The van der Waals surface area contributed by atoms with Crippen molar-refractivity contribution in [3.8, 4) is 50.6 Å². The SMILES string of the molecule is CC(C)(C)c1ccc(-c2c(C#N)nc(C(=O)NC=O)c(-c3ccc(C(C)(C)C)cc3)c3ccc([nH]3)c(-c3ccc(C(C)(C)C)cc3)c3nc(c(-c4ccc(C(C)(C)C)cc4)c4ccc2[nH]4)C=C3)cc1. The van der Waals surface area contributed by atoms with Crippen LogP contribution in [0.1, 0.15) is 133 Å². The molecule has 7 aromatic rings. The van der Waals surface area contributed by atoms with Crippen LogP contribution >= 0.6 is 0 Å². The molecule has 0 unspecified atom stereocenters. The van der Waals surface area contributed by atoms with Crippen LogP contribution in [-0.4, -0.2) is 32.3 Å². The summed E-state index contributed by atoms with van der Waals surface area (Å²) in [5, 5.41) is 13.7. The predicted molar refractivity (Wildman–Crippen MR) is 285 cm³/mol. The van der Waals surface area contributed by atoms with E-state index in [1.165, 1.54) is 11.1 Å². The van der Waals surface area contributed by atoms with Gasteiger partial charge in [0.15, 0.2) is 5.69 Å². The second-order valence-electron chi connectivity index (χ2n) is 22.1. The lowest BCUT2D eigenvalue weighted by molar-refractivity contribution is -0.108. The minimum absolute atomic E-state index is 0.0263. The Morgan fingerprint density at radius 3 is 1.09 bits per heavy atom. The van der Waals surface area contributed by atoms with E-state index < -0.39 is 5.91 Å². The number of nitrogens with one attached hydrogen (secondary N) is 3.